The van der Waals surface area contributed by atoms with Crippen LogP contribution < -0.4 is 14.2 Å². The zero-order valence-electron chi connectivity index (χ0n) is 18.4. The molecule has 170 valence electrons. The fourth-order valence-corrected chi connectivity index (χ4v) is 3.74. The first-order valence-corrected chi connectivity index (χ1v) is 11.3. The second-order valence-electron chi connectivity index (χ2n) is 8.01. The van der Waals surface area contributed by atoms with E-state index >= 15 is 0 Å². The van der Waals surface area contributed by atoms with Crippen LogP contribution in [0, 0.1) is 6.92 Å². The number of rotatable bonds is 7. The van der Waals surface area contributed by atoms with Crippen molar-refractivity contribution >= 4 is 17.6 Å². The molecule has 1 aliphatic carbocycles. The van der Waals surface area contributed by atoms with Gasteiger partial charge in [-0.05, 0) is 61.1 Å². The first-order valence-electron chi connectivity index (χ1n) is 10.9. The van der Waals surface area contributed by atoms with Gasteiger partial charge in [0, 0.05) is 6.07 Å². The molecule has 0 aliphatic heterocycles. The van der Waals surface area contributed by atoms with Crippen molar-refractivity contribution in [2.75, 3.05) is 0 Å². The van der Waals surface area contributed by atoms with E-state index in [0.717, 1.165) is 24.0 Å². The Kier molecular flexibility index (Phi) is 6.14. The molecule has 1 fully saturated rings. The topological polar surface area (TPSA) is 70.5 Å². The summed E-state index contributed by atoms with van der Waals surface area (Å²) >= 11 is 6.07. The van der Waals surface area contributed by atoms with Gasteiger partial charge in [0.25, 0.3) is 5.88 Å². The number of carbonyl (C=O) groups excluding carboxylic acids is 1. The van der Waals surface area contributed by atoms with Crippen LogP contribution in [-0.2, 0) is 0 Å². The molecule has 6 nitrogen and oxygen atoms in total. The van der Waals surface area contributed by atoms with Crippen molar-refractivity contribution in [2.45, 2.75) is 25.7 Å². The molecular weight excluding hydrogens is 452 g/mol. The van der Waals surface area contributed by atoms with E-state index in [-0.39, 0.29) is 22.3 Å². The molecule has 4 aromatic rings. The molecule has 1 heterocycles. The van der Waals surface area contributed by atoms with Gasteiger partial charge in [-0.3, -0.25) is 0 Å². The number of esters is 1. The summed E-state index contributed by atoms with van der Waals surface area (Å²) in [5.41, 5.74) is 2.32. The van der Waals surface area contributed by atoms with Gasteiger partial charge in [0.1, 0.15) is 22.8 Å². The van der Waals surface area contributed by atoms with Gasteiger partial charge in [-0.2, -0.15) is 0 Å². The smallest absolute Gasteiger partial charge is 0.347 e. The highest BCUT2D eigenvalue weighted by Crippen LogP contribution is 2.47. The van der Waals surface area contributed by atoms with Gasteiger partial charge in [-0.1, -0.05) is 60.1 Å². The molecule has 0 radical (unpaired) electrons. The number of hydrogen-bond donors (Lipinski definition) is 0. The average molecular weight is 473 g/mol. The molecule has 0 N–H and O–H groups in total. The molecule has 5 rings (SSSR count). The number of nitrogens with zero attached hydrogens (tertiary/aromatic N) is 2. The fraction of sp³-hybridized carbons (Fsp3) is 0.148. The largest absolute Gasteiger partial charge is 0.456 e. The Balaban J connectivity index is 1.43. The zero-order chi connectivity index (χ0) is 23.5. The third kappa shape index (κ3) is 4.87. The van der Waals surface area contributed by atoms with Crippen LogP contribution in [0.4, 0.5) is 0 Å². The summed E-state index contributed by atoms with van der Waals surface area (Å²) in [5.74, 6) is 1.64. The van der Waals surface area contributed by atoms with Crippen LogP contribution >= 0.6 is 11.6 Å². The summed E-state index contributed by atoms with van der Waals surface area (Å²) < 4.78 is 17.7. The minimum atomic E-state index is -0.632. The number of aryl methyl sites for hydroxylation is 1. The number of benzene rings is 3. The molecule has 3 aromatic carbocycles. The summed E-state index contributed by atoms with van der Waals surface area (Å²) in [5, 5.41) is 8.02. The summed E-state index contributed by atoms with van der Waals surface area (Å²) in [6.07, 6.45) is 2.23. The van der Waals surface area contributed by atoms with Gasteiger partial charge < -0.3 is 14.2 Å². The highest BCUT2D eigenvalue weighted by molar-refractivity contribution is 6.29. The van der Waals surface area contributed by atoms with Gasteiger partial charge in [0.15, 0.2) is 10.9 Å². The molecule has 0 atom stereocenters. The first kappa shape index (κ1) is 21.9. The monoisotopic (exact) mass is 472 g/mol. The third-order valence-corrected chi connectivity index (χ3v) is 5.62. The Hall–Kier alpha value is -3.90. The number of para-hydroxylation sites is 3. The Morgan fingerprint density at radius 2 is 1.65 bits per heavy atom. The molecular formula is C27H21ClN2O4. The molecule has 1 aromatic heterocycles. The number of ether oxygens (including phenoxy) is 3. The van der Waals surface area contributed by atoms with Crippen LogP contribution in [0.3, 0.4) is 0 Å². The third-order valence-electron chi connectivity index (χ3n) is 5.44. The van der Waals surface area contributed by atoms with E-state index in [2.05, 4.69) is 10.2 Å². The van der Waals surface area contributed by atoms with Crippen LogP contribution in [0.5, 0.6) is 28.9 Å². The zero-order valence-corrected chi connectivity index (χ0v) is 19.2. The summed E-state index contributed by atoms with van der Waals surface area (Å²) in [6.45, 7) is 1.97. The maximum Gasteiger partial charge on any atom is 0.347 e. The molecule has 1 saturated carbocycles. The Bertz CT molecular complexity index is 1340. The Morgan fingerprint density at radius 3 is 2.44 bits per heavy atom. The van der Waals surface area contributed by atoms with Crippen molar-refractivity contribution in [1.29, 1.82) is 0 Å². The van der Waals surface area contributed by atoms with Crippen molar-refractivity contribution in [3.63, 3.8) is 0 Å². The van der Waals surface area contributed by atoms with E-state index in [4.69, 9.17) is 25.8 Å². The Morgan fingerprint density at radius 1 is 0.882 bits per heavy atom. The lowest BCUT2D eigenvalue weighted by atomic mass is 10.1. The second kappa shape index (κ2) is 9.53. The number of halogens is 1. The molecule has 0 unspecified atom stereocenters. The van der Waals surface area contributed by atoms with Gasteiger partial charge in [0.2, 0.25) is 0 Å². The maximum atomic E-state index is 13.1. The minimum Gasteiger partial charge on any atom is -0.456 e. The second-order valence-corrected chi connectivity index (χ2v) is 8.39. The van der Waals surface area contributed by atoms with Crippen LogP contribution in [-0.4, -0.2) is 16.2 Å². The molecule has 0 spiro atoms. The van der Waals surface area contributed by atoms with Crippen LogP contribution in [0.1, 0.15) is 40.2 Å². The van der Waals surface area contributed by atoms with Crippen molar-refractivity contribution in [3.8, 4) is 28.9 Å². The Labute approximate surface area is 202 Å². The normalized spacial score (nSPS) is 12.8. The highest BCUT2D eigenvalue weighted by atomic mass is 35.5. The van der Waals surface area contributed by atoms with Crippen LogP contribution in [0.25, 0.3) is 0 Å². The predicted molar refractivity (Wildman–Crippen MR) is 128 cm³/mol. The van der Waals surface area contributed by atoms with Crippen molar-refractivity contribution < 1.29 is 19.0 Å². The van der Waals surface area contributed by atoms with E-state index in [1.54, 1.807) is 36.4 Å². The van der Waals surface area contributed by atoms with Crippen LogP contribution in [0.2, 0.25) is 5.15 Å². The molecule has 0 bridgehead atoms. The highest BCUT2D eigenvalue weighted by Gasteiger charge is 2.28. The van der Waals surface area contributed by atoms with Gasteiger partial charge >= 0.3 is 5.97 Å². The standard InChI is InChI=1S/C27H21ClN2O4/c1-17-8-7-12-20(18-14-15-18)25(17)34-26-23(16-24(28)29-30-26)33-27(31)21-11-5-6-13-22(21)32-19-9-3-2-4-10-19/h2-13,16,18H,14-15H2,1H3. The van der Waals surface area contributed by atoms with Gasteiger partial charge in [0.05, 0.1) is 0 Å². The average Bonchev–Trinajstić information content (AvgIpc) is 3.68. The van der Waals surface area contributed by atoms with Crippen molar-refractivity contribution in [1.82, 2.24) is 10.2 Å². The lowest BCUT2D eigenvalue weighted by Crippen LogP contribution is -2.11. The van der Waals surface area contributed by atoms with Crippen LogP contribution in [0.15, 0.2) is 78.9 Å². The molecule has 0 amide bonds. The van der Waals surface area contributed by atoms with E-state index in [1.807, 2.05) is 43.3 Å². The fourth-order valence-electron chi connectivity index (χ4n) is 3.61. The van der Waals surface area contributed by atoms with Crippen molar-refractivity contribution in [2.24, 2.45) is 0 Å². The summed E-state index contributed by atoms with van der Waals surface area (Å²) in [7, 11) is 0. The van der Waals surface area contributed by atoms with Gasteiger partial charge in [-0.25, -0.2) is 4.79 Å². The lowest BCUT2D eigenvalue weighted by Gasteiger charge is -2.15. The summed E-state index contributed by atoms with van der Waals surface area (Å²) in [4.78, 5) is 13.1. The molecule has 7 heteroatoms. The van der Waals surface area contributed by atoms with E-state index in [9.17, 15) is 4.79 Å². The quantitative estimate of drug-likeness (QED) is 0.267. The van der Waals surface area contributed by atoms with Crippen molar-refractivity contribution in [3.05, 3.63) is 101 Å². The van der Waals surface area contributed by atoms with E-state index < -0.39 is 5.97 Å². The summed E-state index contributed by atoms with van der Waals surface area (Å²) in [6, 6.07) is 23.5. The van der Waals surface area contributed by atoms with E-state index in [1.165, 1.54) is 6.07 Å². The maximum absolute atomic E-state index is 13.1. The first-order chi connectivity index (χ1) is 16.6. The number of hydrogen-bond acceptors (Lipinski definition) is 6. The van der Waals surface area contributed by atoms with E-state index in [0.29, 0.717) is 23.2 Å². The molecule has 1 aliphatic rings. The number of aromatic nitrogens is 2. The minimum absolute atomic E-state index is 0.0652. The predicted octanol–water partition coefficient (Wildman–Crippen LogP) is 7.12. The van der Waals surface area contributed by atoms with Gasteiger partial charge in [-0.15, -0.1) is 10.2 Å². The number of carbonyl (C=O) groups is 1. The molecule has 34 heavy (non-hydrogen) atoms. The molecule has 0 saturated heterocycles. The lowest BCUT2D eigenvalue weighted by molar-refractivity contribution is 0.0726. The SMILES string of the molecule is Cc1cccc(C2CC2)c1Oc1nnc(Cl)cc1OC(=O)c1ccccc1Oc1ccccc1.